The topological polar surface area (TPSA) is 30.5 Å². The molecule has 2 heterocycles. The van der Waals surface area contributed by atoms with Gasteiger partial charge in [0.05, 0.1) is 6.61 Å². The minimum absolute atomic E-state index is 0.178. The van der Waals surface area contributed by atoms with Crippen molar-refractivity contribution in [2.24, 2.45) is 5.92 Å². The molecule has 17 heavy (non-hydrogen) atoms. The van der Waals surface area contributed by atoms with Gasteiger partial charge in [-0.25, -0.2) is 9.78 Å². The van der Waals surface area contributed by atoms with Crippen LogP contribution in [0.3, 0.4) is 0 Å². The molecule has 4 rings (SSSR count). The lowest BCUT2D eigenvalue weighted by atomic mass is 9.64. The first-order valence-corrected chi connectivity index (χ1v) is 6.52. The third-order valence-electron chi connectivity index (χ3n) is 4.62. The minimum atomic E-state index is -0.178. The molecule has 1 aromatic carbocycles. The highest BCUT2D eigenvalue weighted by atomic mass is 17.2. The highest BCUT2D eigenvalue weighted by molar-refractivity contribution is 5.38. The molecule has 0 spiro atoms. The molecule has 0 saturated carbocycles. The van der Waals surface area contributed by atoms with Crippen molar-refractivity contribution in [3.05, 3.63) is 35.4 Å². The fraction of sp³-hybridized carbons (Fsp3) is 0.571. The number of hydrogen-bond donors (Lipinski definition) is 1. The molecule has 0 aromatic heterocycles. The maximum absolute atomic E-state index is 5.83. The van der Waals surface area contributed by atoms with Gasteiger partial charge in [-0.15, -0.1) is 0 Å². The number of piperidine rings is 1. The van der Waals surface area contributed by atoms with E-state index in [0.29, 0.717) is 12.0 Å². The van der Waals surface area contributed by atoms with E-state index in [9.17, 15) is 0 Å². The van der Waals surface area contributed by atoms with E-state index >= 15 is 0 Å². The van der Waals surface area contributed by atoms with E-state index in [2.05, 4.69) is 29.6 Å². The van der Waals surface area contributed by atoms with Gasteiger partial charge in [-0.2, -0.15) is 0 Å². The predicted molar refractivity (Wildman–Crippen MR) is 63.4 cm³/mol. The first-order chi connectivity index (χ1) is 8.40. The van der Waals surface area contributed by atoms with Gasteiger partial charge < -0.3 is 5.32 Å². The van der Waals surface area contributed by atoms with Crippen LogP contribution in [0, 0.1) is 5.92 Å². The molecule has 1 aliphatic carbocycles. The van der Waals surface area contributed by atoms with Crippen LogP contribution in [0.4, 0.5) is 0 Å². The Hall–Kier alpha value is -0.900. The van der Waals surface area contributed by atoms with Crippen LogP contribution in [-0.2, 0) is 21.8 Å². The smallest absolute Gasteiger partial charge is 0.134 e. The zero-order chi connectivity index (χ0) is 11.3. The van der Waals surface area contributed by atoms with Crippen molar-refractivity contribution in [3.63, 3.8) is 0 Å². The SMILES string of the molecule is c1ccc2c(c1)C[C@H]1NCC[C@@]23OOCC[C@@H]13. The number of nitrogens with one attached hydrogen (secondary N) is 1. The Labute approximate surface area is 101 Å². The second kappa shape index (κ2) is 3.55. The molecule has 3 atom stereocenters. The zero-order valence-electron chi connectivity index (χ0n) is 9.82. The molecule has 0 radical (unpaired) electrons. The second-order valence-corrected chi connectivity index (χ2v) is 5.36. The van der Waals surface area contributed by atoms with Crippen LogP contribution < -0.4 is 5.32 Å². The summed E-state index contributed by atoms with van der Waals surface area (Å²) in [6.07, 6.45) is 3.25. The summed E-state index contributed by atoms with van der Waals surface area (Å²) < 4.78 is 0. The summed E-state index contributed by atoms with van der Waals surface area (Å²) >= 11 is 0. The number of hydrogen-bond acceptors (Lipinski definition) is 3. The van der Waals surface area contributed by atoms with Crippen LogP contribution in [-0.4, -0.2) is 19.2 Å². The van der Waals surface area contributed by atoms with E-state index < -0.39 is 0 Å². The standard InChI is InChI=1S/C14H17NO2/c1-2-4-11-10(3-1)9-13-12-5-8-16-17-14(11,12)6-7-15-13/h1-4,12-13,15H,5-9H2/t12-,13+,14+/m0/s1. The van der Waals surface area contributed by atoms with Gasteiger partial charge in [-0.1, -0.05) is 24.3 Å². The summed E-state index contributed by atoms with van der Waals surface area (Å²) in [6.45, 7) is 1.76. The monoisotopic (exact) mass is 231 g/mol. The largest absolute Gasteiger partial charge is 0.313 e. The first kappa shape index (κ1) is 10.1. The third-order valence-corrected chi connectivity index (χ3v) is 4.62. The quantitative estimate of drug-likeness (QED) is 0.690. The van der Waals surface area contributed by atoms with Crippen molar-refractivity contribution in [2.45, 2.75) is 30.9 Å². The summed E-state index contributed by atoms with van der Waals surface area (Å²) in [4.78, 5) is 11.2. The van der Waals surface area contributed by atoms with Crippen LogP contribution in [0.15, 0.2) is 24.3 Å². The van der Waals surface area contributed by atoms with Crippen molar-refractivity contribution in [1.29, 1.82) is 0 Å². The van der Waals surface area contributed by atoms with Crippen LogP contribution in [0.5, 0.6) is 0 Å². The molecule has 3 aliphatic rings. The van der Waals surface area contributed by atoms with Crippen molar-refractivity contribution in [3.8, 4) is 0 Å². The van der Waals surface area contributed by atoms with Gasteiger partial charge >= 0.3 is 0 Å². The molecule has 3 nitrogen and oxygen atoms in total. The summed E-state index contributed by atoms with van der Waals surface area (Å²) in [5, 5.41) is 3.65. The van der Waals surface area contributed by atoms with Gasteiger partial charge in [0, 0.05) is 12.0 Å². The van der Waals surface area contributed by atoms with Gasteiger partial charge in [0.15, 0.2) is 0 Å². The van der Waals surface area contributed by atoms with Crippen LogP contribution in [0.25, 0.3) is 0 Å². The van der Waals surface area contributed by atoms with Gasteiger partial charge in [0.1, 0.15) is 5.60 Å². The molecule has 90 valence electrons. The zero-order valence-corrected chi connectivity index (χ0v) is 9.82. The van der Waals surface area contributed by atoms with E-state index in [0.717, 1.165) is 32.4 Å². The Balaban J connectivity index is 1.90. The molecule has 2 saturated heterocycles. The summed E-state index contributed by atoms with van der Waals surface area (Å²) in [7, 11) is 0. The number of rotatable bonds is 0. The lowest BCUT2D eigenvalue weighted by Gasteiger charge is -2.53. The third kappa shape index (κ3) is 1.27. The minimum Gasteiger partial charge on any atom is -0.313 e. The van der Waals surface area contributed by atoms with Gasteiger partial charge in [0.25, 0.3) is 0 Å². The van der Waals surface area contributed by atoms with Crippen molar-refractivity contribution in [1.82, 2.24) is 5.32 Å². The molecule has 1 aromatic rings. The number of benzene rings is 1. The van der Waals surface area contributed by atoms with Gasteiger partial charge in [0.2, 0.25) is 0 Å². The van der Waals surface area contributed by atoms with Gasteiger partial charge in [-0.3, -0.25) is 0 Å². The molecule has 1 N–H and O–H groups in total. The fourth-order valence-corrected chi connectivity index (χ4v) is 3.90. The van der Waals surface area contributed by atoms with Gasteiger partial charge in [-0.05, 0) is 36.9 Å². The molecular weight excluding hydrogens is 214 g/mol. The highest BCUT2D eigenvalue weighted by Gasteiger charge is 2.54. The van der Waals surface area contributed by atoms with Crippen LogP contribution in [0.2, 0.25) is 0 Å². The van der Waals surface area contributed by atoms with E-state index in [4.69, 9.17) is 9.78 Å². The second-order valence-electron chi connectivity index (χ2n) is 5.36. The lowest BCUT2D eigenvalue weighted by molar-refractivity contribution is -0.414. The molecule has 0 unspecified atom stereocenters. The Morgan fingerprint density at radius 2 is 2.24 bits per heavy atom. The predicted octanol–water partition coefficient (Wildman–Crippen LogP) is 1.77. The van der Waals surface area contributed by atoms with Crippen molar-refractivity contribution < 1.29 is 9.78 Å². The van der Waals surface area contributed by atoms with E-state index in [1.54, 1.807) is 0 Å². The molecule has 2 aliphatic heterocycles. The Morgan fingerprint density at radius 1 is 1.29 bits per heavy atom. The molecule has 3 heteroatoms. The normalized spacial score (nSPS) is 39.3. The molecule has 0 amide bonds. The first-order valence-electron chi connectivity index (χ1n) is 6.52. The van der Waals surface area contributed by atoms with E-state index in [1.807, 2.05) is 0 Å². The maximum atomic E-state index is 5.83. The van der Waals surface area contributed by atoms with Crippen molar-refractivity contribution >= 4 is 0 Å². The summed E-state index contributed by atoms with van der Waals surface area (Å²) in [5.74, 6) is 0.569. The lowest BCUT2D eigenvalue weighted by Crippen LogP contribution is -2.61. The highest BCUT2D eigenvalue weighted by Crippen LogP contribution is 2.50. The van der Waals surface area contributed by atoms with E-state index in [-0.39, 0.29) is 5.60 Å². The Morgan fingerprint density at radius 3 is 3.24 bits per heavy atom. The fourth-order valence-electron chi connectivity index (χ4n) is 3.90. The van der Waals surface area contributed by atoms with Crippen LogP contribution >= 0.6 is 0 Å². The average Bonchev–Trinajstić information content (AvgIpc) is 2.39. The maximum Gasteiger partial charge on any atom is 0.134 e. The average molecular weight is 231 g/mol. The Kier molecular flexibility index (Phi) is 2.10. The van der Waals surface area contributed by atoms with E-state index in [1.165, 1.54) is 11.1 Å². The molecule has 2 bridgehead atoms. The Bertz CT molecular complexity index is 444. The molecular formula is C14H17NO2. The van der Waals surface area contributed by atoms with Crippen LogP contribution in [0.1, 0.15) is 24.0 Å². The summed E-state index contributed by atoms with van der Waals surface area (Å²) in [6, 6.07) is 9.24. The number of fused-ring (bicyclic) bond motifs is 1. The van der Waals surface area contributed by atoms with Crippen molar-refractivity contribution in [2.75, 3.05) is 13.2 Å². The summed E-state index contributed by atoms with van der Waals surface area (Å²) in [5.41, 5.74) is 2.61. The molecule has 2 fully saturated rings.